The van der Waals surface area contributed by atoms with Crippen LogP contribution < -0.4 is 10.1 Å². The summed E-state index contributed by atoms with van der Waals surface area (Å²) in [5.74, 6) is 0.00304. The van der Waals surface area contributed by atoms with E-state index in [1.807, 2.05) is 31.2 Å². The van der Waals surface area contributed by atoms with Crippen molar-refractivity contribution < 1.29 is 14.3 Å². The largest absolute Gasteiger partial charge is 0.495 e. The Morgan fingerprint density at radius 3 is 2.65 bits per heavy atom. The Bertz CT molecular complexity index is 820. The zero-order valence-corrected chi connectivity index (χ0v) is 15.5. The average molecular weight is 373 g/mol. The molecule has 0 bridgehead atoms. The van der Waals surface area contributed by atoms with Crippen LogP contribution in [0.15, 0.2) is 42.5 Å². The van der Waals surface area contributed by atoms with Crippen LogP contribution in [0.25, 0.3) is 0 Å². The molecule has 1 aliphatic heterocycles. The number of rotatable bonds is 5. The van der Waals surface area contributed by atoms with Gasteiger partial charge in [0.15, 0.2) is 0 Å². The number of nitrogens with zero attached hydrogens (tertiary/aromatic N) is 1. The summed E-state index contributed by atoms with van der Waals surface area (Å²) in [6, 6.07) is 13.1. The molecule has 136 valence electrons. The lowest BCUT2D eigenvalue weighted by Gasteiger charge is -2.17. The molecule has 2 aromatic carbocycles. The van der Waals surface area contributed by atoms with E-state index in [0.717, 1.165) is 5.56 Å². The van der Waals surface area contributed by atoms with E-state index in [4.69, 9.17) is 16.3 Å². The van der Waals surface area contributed by atoms with Crippen molar-refractivity contribution in [3.8, 4) is 5.75 Å². The van der Waals surface area contributed by atoms with Gasteiger partial charge >= 0.3 is 0 Å². The van der Waals surface area contributed by atoms with Gasteiger partial charge in [0.05, 0.1) is 18.1 Å². The summed E-state index contributed by atoms with van der Waals surface area (Å²) in [5.41, 5.74) is 2.83. The maximum atomic E-state index is 12.5. The van der Waals surface area contributed by atoms with Crippen molar-refractivity contribution in [2.45, 2.75) is 19.9 Å². The first-order chi connectivity index (χ1) is 12.5. The molecule has 1 N–H and O–H groups in total. The Morgan fingerprint density at radius 1 is 1.27 bits per heavy atom. The molecule has 0 saturated carbocycles. The fourth-order valence-corrected chi connectivity index (χ4v) is 3.26. The fourth-order valence-electron chi connectivity index (χ4n) is 3.00. The van der Waals surface area contributed by atoms with Crippen LogP contribution in [-0.2, 0) is 16.1 Å². The highest BCUT2D eigenvalue weighted by molar-refractivity contribution is 6.32. The number of amides is 2. The van der Waals surface area contributed by atoms with E-state index in [1.165, 1.54) is 12.7 Å². The number of hydrogen-bond donors (Lipinski definition) is 1. The predicted octanol–water partition coefficient (Wildman–Crippen LogP) is 3.64. The molecule has 1 heterocycles. The standard InChI is InChI=1S/C20H21ClN2O3/c1-13-3-5-14(6-4-13)11-23-12-15(9-19(23)24)20(25)22-16-7-8-18(26-2)17(21)10-16/h3-8,10,15H,9,11-12H2,1-2H3,(H,22,25). The first-order valence-electron chi connectivity index (χ1n) is 8.44. The van der Waals surface area contributed by atoms with E-state index in [0.29, 0.717) is 29.5 Å². The lowest BCUT2D eigenvalue weighted by atomic mass is 10.1. The Kier molecular flexibility index (Phi) is 5.47. The summed E-state index contributed by atoms with van der Waals surface area (Å²) in [6.07, 6.45) is 0.224. The molecule has 1 fully saturated rings. The van der Waals surface area contributed by atoms with Gasteiger partial charge in [-0.3, -0.25) is 9.59 Å². The number of benzene rings is 2. The Labute approximate surface area is 157 Å². The van der Waals surface area contributed by atoms with Gasteiger partial charge in [0.25, 0.3) is 0 Å². The monoisotopic (exact) mass is 372 g/mol. The number of hydrogen-bond acceptors (Lipinski definition) is 3. The van der Waals surface area contributed by atoms with Crippen molar-refractivity contribution in [1.82, 2.24) is 4.90 Å². The molecule has 6 heteroatoms. The molecule has 5 nitrogen and oxygen atoms in total. The van der Waals surface area contributed by atoms with Gasteiger partial charge in [-0.15, -0.1) is 0 Å². The molecule has 26 heavy (non-hydrogen) atoms. The van der Waals surface area contributed by atoms with Crippen LogP contribution >= 0.6 is 11.6 Å². The lowest BCUT2D eigenvalue weighted by Crippen LogP contribution is -2.28. The van der Waals surface area contributed by atoms with Gasteiger partial charge in [-0.05, 0) is 30.7 Å². The third-order valence-corrected chi connectivity index (χ3v) is 4.79. The van der Waals surface area contributed by atoms with Gasteiger partial charge in [0.2, 0.25) is 11.8 Å². The van der Waals surface area contributed by atoms with Crippen molar-refractivity contribution in [1.29, 1.82) is 0 Å². The number of likely N-dealkylation sites (tertiary alicyclic amines) is 1. The summed E-state index contributed by atoms with van der Waals surface area (Å²) in [5, 5.41) is 3.26. The van der Waals surface area contributed by atoms with Gasteiger partial charge in [-0.1, -0.05) is 41.4 Å². The molecule has 2 amide bonds. The highest BCUT2D eigenvalue weighted by atomic mass is 35.5. The molecule has 0 aliphatic carbocycles. The summed E-state index contributed by atoms with van der Waals surface area (Å²) >= 11 is 6.08. The number of nitrogens with one attached hydrogen (secondary N) is 1. The minimum absolute atomic E-state index is 0.00140. The first-order valence-corrected chi connectivity index (χ1v) is 8.82. The topological polar surface area (TPSA) is 58.6 Å². The second-order valence-electron chi connectivity index (χ2n) is 6.50. The zero-order chi connectivity index (χ0) is 18.7. The van der Waals surface area contributed by atoms with Crippen molar-refractivity contribution in [2.75, 3.05) is 19.0 Å². The van der Waals surface area contributed by atoms with E-state index in [-0.39, 0.29) is 24.2 Å². The van der Waals surface area contributed by atoms with E-state index in [1.54, 1.807) is 23.1 Å². The third kappa shape index (κ3) is 4.17. The van der Waals surface area contributed by atoms with E-state index in [2.05, 4.69) is 5.32 Å². The minimum Gasteiger partial charge on any atom is -0.495 e. The Morgan fingerprint density at radius 2 is 2.00 bits per heavy atom. The number of methoxy groups -OCH3 is 1. The zero-order valence-electron chi connectivity index (χ0n) is 14.8. The highest BCUT2D eigenvalue weighted by Crippen LogP contribution is 2.28. The van der Waals surface area contributed by atoms with Crippen LogP contribution in [0.4, 0.5) is 5.69 Å². The highest BCUT2D eigenvalue weighted by Gasteiger charge is 2.34. The maximum Gasteiger partial charge on any atom is 0.229 e. The van der Waals surface area contributed by atoms with Crippen molar-refractivity contribution >= 4 is 29.1 Å². The van der Waals surface area contributed by atoms with Crippen LogP contribution in [0.3, 0.4) is 0 Å². The van der Waals surface area contributed by atoms with Gasteiger partial charge in [0, 0.05) is 25.2 Å². The summed E-state index contributed by atoms with van der Waals surface area (Å²) in [6.45, 7) is 2.97. The van der Waals surface area contributed by atoms with Gasteiger partial charge in [0.1, 0.15) is 5.75 Å². The van der Waals surface area contributed by atoms with Gasteiger partial charge < -0.3 is 15.0 Å². The smallest absolute Gasteiger partial charge is 0.229 e. The molecule has 0 spiro atoms. The molecule has 0 aromatic heterocycles. The Hall–Kier alpha value is -2.53. The van der Waals surface area contributed by atoms with Crippen molar-refractivity contribution in [3.05, 3.63) is 58.6 Å². The molecule has 0 radical (unpaired) electrons. The number of aryl methyl sites for hydroxylation is 1. The molecule has 3 rings (SSSR count). The quantitative estimate of drug-likeness (QED) is 0.871. The average Bonchev–Trinajstić information content (AvgIpc) is 2.98. The molecule has 1 saturated heterocycles. The number of carbonyl (C=O) groups is 2. The summed E-state index contributed by atoms with van der Waals surface area (Å²) < 4.78 is 5.10. The first kappa shape index (κ1) is 18.3. The van der Waals surface area contributed by atoms with Crippen LogP contribution in [0, 0.1) is 12.8 Å². The summed E-state index contributed by atoms with van der Waals surface area (Å²) in [4.78, 5) is 26.5. The van der Waals surface area contributed by atoms with Crippen molar-refractivity contribution in [2.24, 2.45) is 5.92 Å². The van der Waals surface area contributed by atoms with Crippen LogP contribution in [0.2, 0.25) is 5.02 Å². The molecule has 1 unspecified atom stereocenters. The second-order valence-corrected chi connectivity index (χ2v) is 6.91. The van der Waals surface area contributed by atoms with Crippen molar-refractivity contribution in [3.63, 3.8) is 0 Å². The molecule has 1 atom stereocenters. The lowest BCUT2D eigenvalue weighted by molar-refractivity contribution is -0.128. The minimum atomic E-state index is -0.367. The second kappa shape index (κ2) is 7.79. The number of carbonyl (C=O) groups excluding carboxylic acids is 2. The van der Waals surface area contributed by atoms with Crippen LogP contribution in [-0.4, -0.2) is 30.4 Å². The summed E-state index contributed by atoms with van der Waals surface area (Å²) in [7, 11) is 1.53. The molecule has 2 aromatic rings. The normalized spacial score (nSPS) is 16.7. The molecular weight excluding hydrogens is 352 g/mol. The van der Waals surface area contributed by atoms with E-state index in [9.17, 15) is 9.59 Å². The fraction of sp³-hybridized carbons (Fsp3) is 0.300. The van der Waals surface area contributed by atoms with E-state index >= 15 is 0 Å². The number of halogens is 1. The van der Waals surface area contributed by atoms with Crippen LogP contribution in [0.1, 0.15) is 17.5 Å². The molecular formula is C20H21ClN2O3. The maximum absolute atomic E-state index is 12.5. The van der Waals surface area contributed by atoms with E-state index < -0.39 is 0 Å². The molecule has 1 aliphatic rings. The van der Waals surface area contributed by atoms with Gasteiger partial charge in [-0.25, -0.2) is 0 Å². The SMILES string of the molecule is COc1ccc(NC(=O)C2CC(=O)N(Cc3ccc(C)cc3)C2)cc1Cl. The predicted molar refractivity (Wildman–Crippen MR) is 101 cm³/mol. The Balaban J connectivity index is 1.61. The third-order valence-electron chi connectivity index (χ3n) is 4.50. The van der Waals surface area contributed by atoms with Crippen LogP contribution in [0.5, 0.6) is 5.75 Å². The number of ether oxygens (including phenoxy) is 1. The number of anilines is 1. The van der Waals surface area contributed by atoms with Gasteiger partial charge in [-0.2, -0.15) is 0 Å².